The molecule has 5 nitrogen and oxygen atoms in total. The Kier molecular flexibility index (Phi) is 6.25. The number of thioether (sulfide) groups is 1. The number of aliphatic hydroxyl groups is 1. The number of likely N-dealkylation sites (tertiary alicyclic amines) is 2. The van der Waals surface area contributed by atoms with E-state index in [4.69, 9.17) is 4.74 Å². The molecule has 0 aliphatic carbocycles. The molecule has 0 bridgehead atoms. The number of carbonyl (C=O) groups is 1. The van der Waals surface area contributed by atoms with E-state index in [0.29, 0.717) is 24.8 Å². The zero-order chi connectivity index (χ0) is 17.1. The quantitative estimate of drug-likeness (QED) is 0.853. The van der Waals surface area contributed by atoms with Crippen molar-refractivity contribution in [3.05, 3.63) is 0 Å². The highest BCUT2D eigenvalue weighted by Gasteiger charge is 2.36. The van der Waals surface area contributed by atoms with Crippen LogP contribution in [0.1, 0.15) is 46.5 Å². The lowest BCUT2D eigenvalue weighted by molar-refractivity contribution is -0.00530. The first-order valence-electron chi connectivity index (χ1n) is 8.66. The molecule has 2 fully saturated rings. The van der Waals surface area contributed by atoms with Crippen molar-refractivity contribution < 1.29 is 14.6 Å². The minimum Gasteiger partial charge on any atom is -0.444 e. The van der Waals surface area contributed by atoms with E-state index in [2.05, 4.69) is 11.2 Å². The Bertz CT molecular complexity index is 413. The van der Waals surface area contributed by atoms with Gasteiger partial charge < -0.3 is 14.7 Å². The first-order valence-corrected chi connectivity index (χ1v) is 9.95. The van der Waals surface area contributed by atoms with Crippen molar-refractivity contribution in [1.29, 1.82) is 0 Å². The molecule has 0 aromatic carbocycles. The van der Waals surface area contributed by atoms with Crippen LogP contribution < -0.4 is 0 Å². The van der Waals surface area contributed by atoms with Gasteiger partial charge in [-0.1, -0.05) is 0 Å². The lowest BCUT2D eigenvalue weighted by Crippen LogP contribution is -2.43. The zero-order valence-corrected chi connectivity index (χ0v) is 15.8. The molecule has 23 heavy (non-hydrogen) atoms. The fraction of sp³-hybridized carbons (Fsp3) is 0.941. The van der Waals surface area contributed by atoms with Crippen LogP contribution in [0.25, 0.3) is 0 Å². The second-order valence-electron chi connectivity index (χ2n) is 7.93. The number of hydrogen-bond donors (Lipinski definition) is 1. The van der Waals surface area contributed by atoms with Crippen LogP contribution in [0, 0.1) is 0 Å². The maximum Gasteiger partial charge on any atom is 0.410 e. The molecule has 2 atom stereocenters. The van der Waals surface area contributed by atoms with Crippen LogP contribution in [0.4, 0.5) is 4.79 Å². The van der Waals surface area contributed by atoms with E-state index in [9.17, 15) is 9.90 Å². The number of rotatable bonds is 3. The van der Waals surface area contributed by atoms with Gasteiger partial charge in [0.05, 0.1) is 5.60 Å². The Labute approximate surface area is 144 Å². The summed E-state index contributed by atoms with van der Waals surface area (Å²) in [4.78, 5) is 16.3. The lowest BCUT2D eigenvalue weighted by atomic mass is 9.94. The predicted octanol–water partition coefficient (Wildman–Crippen LogP) is 2.58. The van der Waals surface area contributed by atoms with Crippen molar-refractivity contribution in [2.24, 2.45) is 0 Å². The number of carbonyl (C=O) groups excluding carboxylic acids is 1. The lowest BCUT2D eigenvalue weighted by Gasteiger charge is -2.32. The molecule has 2 aliphatic heterocycles. The van der Waals surface area contributed by atoms with E-state index in [-0.39, 0.29) is 6.09 Å². The van der Waals surface area contributed by atoms with Crippen LogP contribution >= 0.6 is 11.8 Å². The smallest absolute Gasteiger partial charge is 0.410 e. The second-order valence-corrected chi connectivity index (χ2v) is 9.06. The predicted molar refractivity (Wildman–Crippen MR) is 95.0 cm³/mol. The van der Waals surface area contributed by atoms with Crippen LogP contribution in [-0.4, -0.2) is 76.4 Å². The summed E-state index contributed by atoms with van der Waals surface area (Å²) in [5.74, 6) is 0. The zero-order valence-electron chi connectivity index (χ0n) is 15.0. The molecule has 0 radical (unpaired) electrons. The maximum atomic E-state index is 12.2. The van der Waals surface area contributed by atoms with Gasteiger partial charge in [-0.3, -0.25) is 4.90 Å². The van der Waals surface area contributed by atoms with Crippen molar-refractivity contribution in [2.45, 2.75) is 62.9 Å². The number of amides is 1. The summed E-state index contributed by atoms with van der Waals surface area (Å²) in [5, 5.41) is 11.7. The Morgan fingerprint density at radius 3 is 2.65 bits per heavy atom. The Morgan fingerprint density at radius 2 is 2.04 bits per heavy atom. The molecule has 1 N–H and O–H groups in total. The van der Waals surface area contributed by atoms with Crippen molar-refractivity contribution in [3.8, 4) is 0 Å². The van der Waals surface area contributed by atoms with Gasteiger partial charge in [0.15, 0.2) is 0 Å². The second kappa shape index (κ2) is 7.62. The molecule has 0 aromatic heterocycles. The van der Waals surface area contributed by atoms with Crippen molar-refractivity contribution in [2.75, 3.05) is 39.0 Å². The van der Waals surface area contributed by atoms with Gasteiger partial charge in [0.2, 0.25) is 0 Å². The summed E-state index contributed by atoms with van der Waals surface area (Å²) in [7, 11) is 0. The van der Waals surface area contributed by atoms with Gasteiger partial charge in [0.25, 0.3) is 0 Å². The first-order chi connectivity index (χ1) is 10.7. The van der Waals surface area contributed by atoms with E-state index in [1.165, 1.54) is 6.42 Å². The fourth-order valence-electron chi connectivity index (χ4n) is 3.40. The summed E-state index contributed by atoms with van der Waals surface area (Å²) in [6.07, 6.45) is 5.33. The number of ether oxygens (including phenoxy) is 1. The highest BCUT2D eigenvalue weighted by atomic mass is 32.2. The highest BCUT2D eigenvalue weighted by Crippen LogP contribution is 2.28. The van der Waals surface area contributed by atoms with Gasteiger partial charge in [0.1, 0.15) is 5.60 Å². The average molecular weight is 345 g/mol. The van der Waals surface area contributed by atoms with Gasteiger partial charge in [-0.05, 0) is 59.3 Å². The first kappa shape index (κ1) is 18.9. The molecule has 134 valence electrons. The number of nitrogens with zero attached hydrogens (tertiary/aromatic N) is 2. The van der Waals surface area contributed by atoms with Gasteiger partial charge in [-0.15, -0.1) is 0 Å². The Morgan fingerprint density at radius 1 is 1.30 bits per heavy atom. The van der Waals surface area contributed by atoms with Crippen LogP contribution in [0.3, 0.4) is 0 Å². The van der Waals surface area contributed by atoms with E-state index >= 15 is 0 Å². The number of hydrogen-bond acceptors (Lipinski definition) is 5. The van der Waals surface area contributed by atoms with Crippen molar-refractivity contribution in [1.82, 2.24) is 9.80 Å². The largest absolute Gasteiger partial charge is 0.444 e. The molecule has 2 aliphatic rings. The molecule has 2 unspecified atom stereocenters. The van der Waals surface area contributed by atoms with Gasteiger partial charge in [-0.25, -0.2) is 4.79 Å². The summed E-state index contributed by atoms with van der Waals surface area (Å²) in [6.45, 7) is 9.77. The molecule has 1 amide bonds. The normalized spacial score (nSPS) is 30.3. The monoisotopic (exact) mass is 344 g/mol. The summed E-state index contributed by atoms with van der Waals surface area (Å²) < 4.78 is 5.46. The molecular formula is C17H32N2O3S. The van der Waals surface area contributed by atoms with Crippen LogP contribution in [0.15, 0.2) is 0 Å². The van der Waals surface area contributed by atoms with E-state index in [0.717, 1.165) is 32.5 Å². The molecule has 0 saturated carbocycles. The standard InChI is InChI=1S/C17H32N2O3S/c1-16(2,3)22-15(20)19-9-5-7-17(21,8-11-19)13-18-10-6-14(12-18)23-4/h14,21H,5-13H2,1-4H3. The van der Waals surface area contributed by atoms with Crippen molar-refractivity contribution in [3.63, 3.8) is 0 Å². The third-order valence-corrected chi connectivity index (χ3v) is 5.70. The fourth-order valence-corrected chi connectivity index (χ4v) is 4.10. The molecule has 0 spiro atoms. The van der Waals surface area contributed by atoms with Crippen molar-refractivity contribution >= 4 is 17.9 Å². The summed E-state index contributed by atoms with van der Waals surface area (Å²) in [6, 6.07) is 0. The molecule has 0 aromatic rings. The molecular weight excluding hydrogens is 312 g/mol. The third-order valence-electron chi connectivity index (χ3n) is 4.65. The third kappa shape index (κ3) is 5.84. The number of β-amino-alcohol motifs (C(OH)–C–C–N with tert-alkyl or cyclic N) is 1. The minimum atomic E-state index is -0.677. The molecule has 6 heteroatoms. The topological polar surface area (TPSA) is 53.0 Å². The Hall–Kier alpha value is -0.460. The Balaban J connectivity index is 1.86. The summed E-state index contributed by atoms with van der Waals surface area (Å²) in [5.41, 5.74) is -1.15. The molecule has 2 rings (SSSR count). The van der Waals surface area contributed by atoms with Crippen LogP contribution in [0.5, 0.6) is 0 Å². The van der Waals surface area contributed by atoms with Crippen LogP contribution in [-0.2, 0) is 4.74 Å². The van der Waals surface area contributed by atoms with E-state index in [1.807, 2.05) is 32.5 Å². The SMILES string of the molecule is CSC1CCN(CC2(O)CCCN(C(=O)OC(C)(C)C)CC2)C1. The molecule has 2 saturated heterocycles. The van der Waals surface area contributed by atoms with Gasteiger partial charge in [0, 0.05) is 31.4 Å². The average Bonchev–Trinajstić information content (AvgIpc) is 2.78. The van der Waals surface area contributed by atoms with Gasteiger partial charge >= 0.3 is 6.09 Å². The summed E-state index contributed by atoms with van der Waals surface area (Å²) >= 11 is 1.92. The minimum absolute atomic E-state index is 0.259. The molecule has 2 heterocycles. The highest BCUT2D eigenvalue weighted by molar-refractivity contribution is 7.99. The van der Waals surface area contributed by atoms with E-state index in [1.54, 1.807) is 4.90 Å². The van der Waals surface area contributed by atoms with Gasteiger partial charge in [-0.2, -0.15) is 11.8 Å². The maximum absolute atomic E-state index is 12.2. The van der Waals surface area contributed by atoms with Crippen LogP contribution in [0.2, 0.25) is 0 Å². The van der Waals surface area contributed by atoms with E-state index < -0.39 is 11.2 Å².